The van der Waals surface area contributed by atoms with Crippen LogP contribution in [-0.2, 0) is 4.79 Å². The van der Waals surface area contributed by atoms with Crippen LogP contribution < -0.4 is 15.6 Å². The van der Waals surface area contributed by atoms with E-state index >= 15 is 0 Å². The standard InChI is InChI=1S/C19H16ClN3O2/c20-16-3-1-2-4-17(16)25-15-8-7-13-10-18(22-11-14(13)9-15)23(21)19(24)12-5-6-12/h1-4,7-12H,5-6,21H2. The summed E-state index contributed by atoms with van der Waals surface area (Å²) in [4.78, 5) is 16.4. The summed E-state index contributed by atoms with van der Waals surface area (Å²) < 4.78 is 5.82. The summed E-state index contributed by atoms with van der Waals surface area (Å²) in [5, 5.41) is 3.51. The van der Waals surface area contributed by atoms with Crippen molar-refractivity contribution in [2.24, 2.45) is 11.8 Å². The van der Waals surface area contributed by atoms with Crippen LogP contribution in [0.5, 0.6) is 11.5 Å². The number of hydrogen-bond donors (Lipinski definition) is 1. The van der Waals surface area contributed by atoms with E-state index in [0.29, 0.717) is 22.3 Å². The highest BCUT2D eigenvalue weighted by molar-refractivity contribution is 6.32. The number of aromatic nitrogens is 1. The predicted octanol–water partition coefficient (Wildman–Crippen LogP) is 4.30. The molecule has 1 fully saturated rings. The minimum Gasteiger partial charge on any atom is -0.456 e. The largest absolute Gasteiger partial charge is 0.456 e. The molecule has 25 heavy (non-hydrogen) atoms. The molecule has 1 amide bonds. The minimum absolute atomic E-state index is 0.0499. The molecule has 2 N–H and O–H groups in total. The number of carbonyl (C=O) groups excluding carboxylic acids is 1. The van der Waals surface area contributed by atoms with Crippen LogP contribution in [0.1, 0.15) is 12.8 Å². The lowest BCUT2D eigenvalue weighted by atomic mass is 10.1. The molecule has 1 saturated carbocycles. The summed E-state index contributed by atoms with van der Waals surface area (Å²) in [5.74, 6) is 7.58. The van der Waals surface area contributed by atoms with Crippen LogP contribution in [-0.4, -0.2) is 10.9 Å². The summed E-state index contributed by atoms with van der Waals surface area (Å²) in [6.45, 7) is 0. The van der Waals surface area contributed by atoms with E-state index in [2.05, 4.69) is 4.98 Å². The highest BCUT2D eigenvalue weighted by Crippen LogP contribution is 2.33. The predicted molar refractivity (Wildman–Crippen MR) is 97.7 cm³/mol. The quantitative estimate of drug-likeness (QED) is 0.431. The number of hydrazine groups is 1. The Balaban J connectivity index is 1.60. The molecule has 1 aliphatic carbocycles. The monoisotopic (exact) mass is 353 g/mol. The molecule has 3 aromatic rings. The average Bonchev–Trinajstić information content (AvgIpc) is 3.47. The highest BCUT2D eigenvalue weighted by atomic mass is 35.5. The Labute approximate surface area is 149 Å². The zero-order valence-corrected chi connectivity index (χ0v) is 14.1. The van der Waals surface area contributed by atoms with Crippen molar-refractivity contribution in [2.45, 2.75) is 12.8 Å². The summed E-state index contributed by atoms with van der Waals surface area (Å²) in [7, 11) is 0. The summed E-state index contributed by atoms with van der Waals surface area (Å²) >= 11 is 6.12. The average molecular weight is 354 g/mol. The lowest BCUT2D eigenvalue weighted by Gasteiger charge is -2.16. The van der Waals surface area contributed by atoms with Gasteiger partial charge in [0.1, 0.15) is 17.3 Å². The Kier molecular flexibility index (Phi) is 4.03. The second-order valence-electron chi connectivity index (χ2n) is 6.07. The normalized spacial score (nSPS) is 13.7. The van der Waals surface area contributed by atoms with Crippen molar-refractivity contribution in [3.63, 3.8) is 0 Å². The molecular formula is C19H16ClN3O2. The first-order valence-corrected chi connectivity index (χ1v) is 8.40. The van der Waals surface area contributed by atoms with Crippen molar-refractivity contribution in [2.75, 3.05) is 5.01 Å². The van der Waals surface area contributed by atoms with Gasteiger partial charge >= 0.3 is 0 Å². The molecule has 1 aromatic heterocycles. The Morgan fingerprint density at radius 2 is 1.96 bits per heavy atom. The number of para-hydroxylation sites is 1. The third-order valence-corrected chi connectivity index (χ3v) is 4.47. The van der Waals surface area contributed by atoms with Gasteiger partial charge in [-0.1, -0.05) is 29.8 Å². The molecule has 0 aliphatic heterocycles. The summed E-state index contributed by atoms with van der Waals surface area (Å²) in [6.07, 6.45) is 3.50. The first-order valence-electron chi connectivity index (χ1n) is 8.03. The molecule has 2 aromatic carbocycles. The Morgan fingerprint density at radius 3 is 2.72 bits per heavy atom. The van der Waals surface area contributed by atoms with Gasteiger partial charge in [0.25, 0.3) is 0 Å². The molecular weight excluding hydrogens is 338 g/mol. The van der Waals surface area contributed by atoms with Crippen molar-refractivity contribution in [1.82, 2.24) is 4.98 Å². The Bertz CT molecular complexity index is 956. The van der Waals surface area contributed by atoms with Gasteiger partial charge in [0.2, 0.25) is 5.91 Å². The third-order valence-electron chi connectivity index (χ3n) is 4.15. The number of nitrogens with zero attached hydrogens (tertiary/aromatic N) is 2. The fourth-order valence-corrected chi connectivity index (χ4v) is 2.77. The number of nitrogens with two attached hydrogens (primary N) is 1. The maximum Gasteiger partial charge on any atom is 0.245 e. The number of pyridine rings is 1. The van der Waals surface area contributed by atoms with E-state index in [0.717, 1.165) is 28.6 Å². The number of benzene rings is 2. The van der Waals surface area contributed by atoms with Crippen molar-refractivity contribution in [3.8, 4) is 11.5 Å². The SMILES string of the molecule is NN(C(=O)C1CC1)c1cc2ccc(Oc3ccccc3Cl)cc2cn1. The number of amides is 1. The van der Waals surface area contributed by atoms with E-state index < -0.39 is 0 Å². The second-order valence-corrected chi connectivity index (χ2v) is 6.47. The van der Waals surface area contributed by atoms with E-state index in [4.69, 9.17) is 22.2 Å². The van der Waals surface area contributed by atoms with E-state index in [1.54, 1.807) is 18.3 Å². The molecule has 1 heterocycles. The number of rotatable bonds is 4. The smallest absolute Gasteiger partial charge is 0.245 e. The van der Waals surface area contributed by atoms with Crippen molar-refractivity contribution < 1.29 is 9.53 Å². The summed E-state index contributed by atoms with van der Waals surface area (Å²) in [5.41, 5.74) is 0. The first kappa shape index (κ1) is 15.9. The van der Waals surface area contributed by atoms with Gasteiger partial charge in [-0.25, -0.2) is 15.8 Å². The molecule has 4 rings (SSSR count). The number of ether oxygens (including phenoxy) is 1. The van der Waals surface area contributed by atoms with Gasteiger partial charge in [-0.3, -0.25) is 4.79 Å². The maximum absolute atomic E-state index is 12.1. The Hall–Kier alpha value is -2.63. The maximum atomic E-state index is 12.1. The number of hydrogen-bond acceptors (Lipinski definition) is 4. The molecule has 0 saturated heterocycles. The van der Waals surface area contributed by atoms with Crippen LogP contribution in [0.15, 0.2) is 54.7 Å². The summed E-state index contributed by atoms with van der Waals surface area (Å²) in [6, 6.07) is 14.7. The zero-order chi connectivity index (χ0) is 17.4. The van der Waals surface area contributed by atoms with E-state index in [9.17, 15) is 4.79 Å². The van der Waals surface area contributed by atoms with E-state index in [1.165, 1.54) is 0 Å². The molecule has 1 aliphatic rings. The molecule has 0 radical (unpaired) electrons. The van der Waals surface area contributed by atoms with Gasteiger partial charge in [0.05, 0.1) is 5.02 Å². The fraction of sp³-hybridized carbons (Fsp3) is 0.158. The van der Waals surface area contributed by atoms with Crippen LogP contribution in [0, 0.1) is 5.92 Å². The first-order chi connectivity index (χ1) is 12.1. The van der Waals surface area contributed by atoms with Gasteiger partial charge in [-0.15, -0.1) is 0 Å². The number of fused-ring (bicyclic) bond motifs is 1. The lowest BCUT2D eigenvalue weighted by Crippen LogP contribution is -2.39. The van der Waals surface area contributed by atoms with Gasteiger partial charge in [0.15, 0.2) is 0 Å². The van der Waals surface area contributed by atoms with Crippen LogP contribution in [0.2, 0.25) is 5.02 Å². The topological polar surface area (TPSA) is 68.5 Å². The molecule has 6 heteroatoms. The van der Waals surface area contributed by atoms with Crippen molar-refractivity contribution >= 4 is 34.1 Å². The molecule has 0 atom stereocenters. The Morgan fingerprint density at radius 1 is 1.16 bits per heavy atom. The molecule has 0 bridgehead atoms. The van der Waals surface area contributed by atoms with Crippen LogP contribution in [0.25, 0.3) is 10.8 Å². The van der Waals surface area contributed by atoms with E-state index in [1.807, 2.05) is 36.4 Å². The van der Waals surface area contributed by atoms with Crippen LogP contribution >= 0.6 is 11.6 Å². The van der Waals surface area contributed by atoms with Gasteiger partial charge in [0, 0.05) is 17.5 Å². The third kappa shape index (κ3) is 3.29. The minimum atomic E-state index is -0.0782. The van der Waals surface area contributed by atoms with Crippen molar-refractivity contribution in [3.05, 3.63) is 59.8 Å². The van der Waals surface area contributed by atoms with E-state index in [-0.39, 0.29) is 11.8 Å². The van der Waals surface area contributed by atoms with Crippen LogP contribution in [0.3, 0.4) is 0 Å². The zero-order valence-electron chi connectivity index (χ0n) is 13.4. The molecule has 0 spiro atoms. The number of anilines is 1. The lowest BCUT2D eigenvalue weighted by molar-refractivity contribution is -0.119. The number of halogens is 1. The highest BCUT2D eigenvalue weighted by Gasteiger charge is 2.33. The van der Waals surface area contributed by atoms with Gasteiger partial charge < -0.3 is 4.74 Å². The second kappa shape index (κ2) is 6.35. The molecule has 126 valence electrons. The van der Waals surface area contributed by atoms with Gasteiger partial charge in [-0.05, 0) is 48.6 Å². The molecule has 0 unspecified atom stereocenters. The van der Waals surface area contributed by atoms with Crippen LogP contribution in [0.4, 0.5) is 5.82 Å². The molecule has 5 nitrogen and oxygen atoms in total. The fourth-order valence-electron chi connectivity index (χ4n) is 2.60. The van der Waals surface area contributed by atoms with Crippen molar-refractivity contribution in [1.29, 1.82) is 0 Å². The number of carbonyl (C=O) groups is 1. The van der Waals surface area contributed by atoms with Gasteiger partial charge in [-0.2, -0.15) is 0 Å².